The molecule has 1 aromatic carbocycles. The van der Waals surface area contributed by atoms with Crippen molar-refractivity contribution in [1.29, 1.82) is 0 Å². The average Bonchev–Trinajstić information content (AvgIpc) is 2.36. The molecule has 0 fully saturated rings. The van der Waals surface area contributed by atoms with Gasteiger partial charge in [0.05, 0.1) is 17.2 Å². The van der Waals surface area contributed by atoms with Crippen molar-refractivity contribution in [2.75, 3.05) is 6.61 Å². The van der Waals surface area contributed by atoms with Crippen molar-refractivity contribution in [2.45, 2.75) is 27.7 Å². The molecule has 1 rings (SSSR count). The zero-order valence-electron chi connectivity index (χ0n) is 12.0. The summed E-state index contributed by atoms with van der Waals surface area (Å²) in [5.41, 5.74) is 1.84. The van der Waals surface area contributed by atoms with Crippen molar-refractivity contribution in [2.24, 2.45) is 5.92 Å². The molecule has 0 unspecified atom stereocenters. The molecule has 0 heterocycles. The van der Waals surface area contributed by atoms with Crippen LogP contribution < -0.4 is 0 Å². The van der Waals surface area contributed by atoms with Gasteiger partial charge in [-0.1, -0.05) is 32.0 Å². The van der Waals surface area contributed by atoms with Crippen LogP contribution >= 0.6 is 0 Å². The minimum atomic E-state index is -1.06. The summed E-state index contributed by atoms with van der Waals surface area (Å²) in [6.45, 7) is 7.46. The van der Waals surface area contributed by atoms with E-state index in [0.717, 1.165) is 11.1 Å². The Morgan fingerprint density at radius 1 is 1.10 bits per heavy atom. The topological polar surface area (TPSA) is 71.1 Å². The lowest BCUT2D eigenvalue weighted by Crippen LogP contribution is -2.15. The predicted molar refractivity (Wildman–Crippen MR) is 69.7 cm³/mol. The van der Waals surface area contributed by atoms with Crippen molar-refractivity contribution in [3.8, 4) is 0 Å². The van der Waals surface area contributed by atoms with Gasteiger partial charge in [-0.25, -0.2) is 14.5 Å². The highest BCUT2D eigenvalue weighted by molar-refractivity contribution is 5.92. The molecule has 6 nitrogen and oxygen atoms in total. The van der Waals surface area contributed by atoms with Crippen LogP contribution in [0.4, 0.5) is 4.79 Å². The summed E-state index contributed by atoms with van der Waals surface area (Å²) in [5.74, 6) is -0.572. The van der Waals surface area contributed by atoms with Crippen molar-refractivity contribution in [3.63, 3.8) is 0 Å². The highest BCUT2D eigenvalue weighted by atomic mass is 17.5. The first kappa shape index (κ1) is 16.0. The lowest BCUT2D eigenvalue weighted by Gasteiger charge is -2.08. The number of benzene rings is 1. The second-order valence-corrected chi connectivity index (χ2v) is 4.74. The van der Waals surface area contributed by atoms with Crippen molar-refractivity contribution < 1.29 is 29.1 Å². The van der Waals surface area contributed by atoms with Crippen molar-refractivity contribution in [3.05, 3.63) is 34.9 Å². The van der Waals surface area contributed by atoms with Gasteiger partial charge >= 0.3 is 12.1 Å². The molecule has 0 saturated heterocycles. The largest absolute Gasteiger partial charge is 0.543 e. The molecule has 0 radical (unpaired) electrons. The fourth-order valence-electron chi connectivity index (χ4n) is 1.51. The van der Waals surface area contributed by atoms with Gasteiger partial charge < -0.3 is 4.74 Å². The molecular weight excluding hydrogens is 264 g/mol. The van der Waals surface area contributed by atoms with Gasteiger partial charge in [0.15, 0.2) is 0 Å². The molecule has 0 amide bonds. The van der Waals surface area contributed by atoms with Gasteiger partial charge in [0.2, 0.25) is 0 Å². The molecule has 0 saturated carbocycles. The van der Waals surface area contributed by atoms with Gasteiger partial charge in [-0.3, -0.25) is 4.89 Å². The van der Waals surface area contributed by atoms with Crippen LogP contribution in [0.5, 0.6) is 0 Å². The van der Waals surface area contributed by atoms with E-state index in [1.807, 2.05) is 19.9 Å². The third kappa shape index (κ3) is 4.89. The van der Waals surface area contributed by atoms with E-state index in [2.05, 4.69) is 19.6 Å². The van der Waals surface area contributed by atoms with Gasteiger partial charge in [-0.05, 0) is 30.9 Å². The Morgan fingerprint density at radius 2 is 1.70 bits per heavy atom. The van der Waals surface area contributed by atoms with Gasteiger partial charge in [-0.15, -0.1) is 0 Å². The van der Waals surface area contributed by atoms with Crippen LogP contribution in [0.2, 0.25) is 0 Å². The first-order chi connectivity index (χ1) is 9.41. The van der Waals surface area contributed by atoms with Crippen LogP contribution in [0.1, 0.15) is 35.3 Å². The van der Waals surface area contributed by atoms with Gasteiger partial charge in [0, 0.05) is 0 Å². The normalized spacial score (nSPS) is 10.2. The predicted octanol–water partition coefficient (Wildman–Crippen LogP) is 3.12. The van der Waals surface area contributed by atoms with Crippen molar-refractivity contribution in [1.82, 2.24) is 0 Å². The maximum atomic E-state index is 11.8. The Hall–Kier alpha value is -2.08. The summed E-state index contributed by atoms with van der Waals surface area (Å²) in [7, 11) is 0. The summed E-state index contributed by atoms with van der Waals surface area (Å²) < 4.78 is 4.66. The smallest absolute Gasteiger partial charge is 0.432 e. The van der Waals surface area contributed by atoms with Crippen LogP contribution in [0.15, 0.2) is 18.2 Å². The lowest BCUT2D eigenvalue weighted by atomic mass is 10.0. The van der Waals surface area contributed by atoms with Gasteiger partial charge in [0.25, 0.3) is 0 Å². The van der Waals surface area contributed by atoms with E-state index >= 15 is 0 Å². The van der Waals surface area contributed by atoms with E-state index in [9.17, 15) is 9.59 Å². The molecule has 0 atom stereocenters. The first-order valence-corrected chi connectivity index (χ1v) is 6.20. The standard InChI is InChI=1S/C14H18O6/c1-9(2)8-17-14(16)19-20-18-13(15)12-10(3)6-5-7-11(12)4/h5-7,9H,8H2,1-4H3. The average molecular weight is 282 g/mol. The van der Waals surface area contributed by atoms with Crippen molar-refractivity contribution >= 4 is 12.1 Å². The lowest BCUT2D eigenvalue weighted by molar-refractivity contribution is -0.452. The van der Waals surface area contributed by atoms with E-state index in [4.69, 9.17) is 0 Å². The Kier molecular flexibility index (Phi) is 5.99. The van der Waals surface area contributed by atoms with E-state index in [0.29, 0.717) is 5.56 Å². The monoisotopic (exact) mass is 282 g/mol. The van der Waals surface area contributed by atoms with E-state index in [1.165, 1.54) is 0 Å². The van der Waals surface area contributed by atoms with Gasteiger partial charge in [-0.2, -0.15) is 0 Å². The van der Waals surface area contributed by atoms with E-state index in [1.54, 1.807) is 26.0 Å². The minimum Gasteiger partial charge on any atom is -0.432 e. The minimum absolute atomic E-state index is 0.166. The molecule has 0 aromatic heterocycles. The molecule has 0 aliphatic heterocycles. The zero-order valence-corrected chi connectivity index (χ0v) is 12.0. The Bertz CT molecular complexity index is 460. The second-order valence-electron chi connectivity index (χ2n) is 4.74. The number of carbonyl (C=O) groups excluding carboxylic acids is 2. The van der Waals surface area contributed by atoms with Gasteiger partial charge in [0.1, 0.15) is 0 Å². The van der Waals surface area contributed by atoms with E-state index < -0.39 is 12.1 Å². The third-order valence-corrected chi connectivity index (χ3v) is 2.43. The fraction of sp³-hybridized carbons (Fsp3) is 0.429. The number of aryl methyl sites for hydroxylation is 2. The molecule has 0 aliphatic rings. The third-order valence-electron chi connectivity index (χ3n) is 2.43. The Balaban J connectivity index is 2.42. The molecule has 6 heteroatoms. The second kappa shape index (κ2) is 7.49. The summed E-state index contributed by atoms with van der Waals surface area (Å²) in [4.78, 5) is 31.4. The highest BCUT2D eigenvalue weighted by Gasteiger charge is 2.16. The summed E-state index contributed by atoms with van der Waals surface area (Å²) in [6.07, 6.45) is -1.06. The number of carbonyl (C=O) groups is 2. The Morgan fingerprint density at radius 3 is 2.25 bits per heavy atom. The maximum Gasteiger partial charge on any atom is 0.543 e. The van der Waals surface area contributed by atoms with Crippen LogP contribution in [-0.2, 0) is 19.6 Å². The molecule has 1 aromatic rings. The molecular formula is C14H18O6. The van der Waals surface area contributed by atoms with Crippen LogP contribution in [0.3, 0.4) is 0 Å². The molecule has 0 spiro atoms. The first-order valence-electron chi connectivity index (χ1n) is 6.20. The van der Waals surface area contributed by atoms with E-state index in [-0.39, 0.29) is 12.5 Å². The molecule has 0 bridgehead atoms. The van der Waals surface area contributed by atoms with Crippen LogP contribution in [0, 0.1) is 19.8 Å². The summed E-state index contributed by atoms with van der Waals surface area (Å²) in [5, 5.41) is 4.13. The summed E-state index contributed by atoms with van der Waals surface area (Å²) in [6, 6.07) is 5.35. The molecule has 0 aliphatic carbocycles. The summed E-state index contributed by atoms with van der Waals surface area (Å²) >= 11 is 0. The number of hydrogen-bond donors (Lipinski definition) is 0. The SMILES string of the molecule is Cc1cccc(C)c1C(=O)OOOC(=O)OCC(C)C. The highest BCUT2D eigenvalue weighted by Crippen LogP contribution is 2.14. The zero-order chi connectivity index (χ0) is 15.1. The molecule has 110 valence electrons. The Labute approximate surface area is 117 Å². The number of rotatable bonds is 5. The number of hydrogen-bond acceptors (Lipinski definition) is 6. The quantitative estimate of drug-likeness (QED) is 0.469. The maximum absolute atomic E-state index is 11.8. The van der Waals surface area contributed by atoms with Crippen LogP contribution in [-0.4, -0.2) is 18.7 Å². The molecule has 20 heavy (non-hydrogen) atoms. The molecule has 0 N–H and O–H groups in total. The fourth-order valence-corrected chi connectivity index (χ4v) is 1.51. The number of ether oxygens (including phenoxy) is 1. The van der Waals surface area contributed by atoms with Crippen LogP contribution in [0.25, 0.3) is 0 Å².